The van der Waals surface area contributed by atoms with E-state index in [0.717, 1.165) is 19.5 Å². The molecule has 0 atom stereocenters. The van der Waals surface area contributed by atoms with Crippen molar-refractivity contribution in [1.82, 2.24) is 15.6 Å². The van der Waals surface area contributed by atoms with E-state index >= 15 is 0 Å². The molecule has 0 aliphatic carbocycles. The number of nitrogens with zero attached hydrogens (tertiary/aromatic N) is 1. The molecule has 0 spiro atoms. The van der Waals surface area contributed by atoms with Crippen molar-refractivity contribution < 1.29 is 0 Å². The summed E-state index contributed by atoms with van der Waals surface area (Å²) in [5, 5.41) is 6.99. The molecule has 15 heavy (non-hydrogen) atoms. The molecule has 0 saturated carbocycles. The molecule has 3 nitrogen and oxygen atoms in total. The van der Waals surface area contributed by atoms with Crippen molar-refractivity contribution in [2.24, 2.45) is 0 Å². The fourth-order valence-electron chi connectivity index (χ4n) is 1.16. The van der Waals surface area contributed by atoms with Crippen LogP contribution in [0.25, 0.3) is 0 Å². The van der Waals surface area contributed by atoms with E-state index in [9.17, 15) is 0 Å². The normalized spacial score (nSPS) is 9.73. The Hall–Kier alpha value is -1.16. The van der Waals surface area contributed by atoms with E-state index in [1.165, 1.54) is 11.1 Å². The minimum atomic E-state index is 0.708. The van der Waals surface area contributed by atoms with Crippen LogP contribution in [0.3, 0.4) is 0 Å². The van der Waals surface area contributed by atoms with Gasteiger partial charge in [-0.25, -0.2) is 0 Å². The Bertz CT molecular complexity index is 325. The van der Waals surface area contributed by atoms with Gasteiger partial charge in [-0.05, 0) is 42.8 Å². The van der Waals surface area contributed by atoms with Crippen molar-refractivity contribution in [1.29, 1.82) is 0 Å². The Labute approximate surface area is 96.3 Å². The maximum Gasteiger partial charge on any atom is 0.166 e. The number of hydrogen-bond acceptors (Lipinski definition) is 2. The fourth-order valence-corrected chi connectivity index (χ4v) is 1.33. The third-order valence-corrected chi connectivity index (χ3v) is 2.41. The summed E-state index contributed by atoms with van der Waals surface area (Å²) in [5.41, 5.74) is 2.41. The largest absolute Gasteiger partial charge is 0.363 e. The standard InChI is InChI=1S/C11H17N3S/c1-3-5-13-11(15)14-8-10-7-12-6-4-9(10)2/h4,6-7H,3,5,8H2,1-2H3,(H2,13,14,15). The molecule has 0 aromatic carbocycles. The van der Waals surface area contributed by atoms with Gasteiger partial charge in [0.05, 0.1) is 0 Å². The highest BCUT2D eigenvalue weighted by Gasteiger charge is 1.98. The van der Waals surface area contributed by atoms with Crippen molar-refractivity contribution in [3.63, 3.8) is 0 Å². The van der Waals surface area contributed by atoms with E-state index in [2.05, 4.69) is 29.5 Å². The zero-order valence-electron chi connectivity index (χ0n) is 9.21. The first-order valence-corrected chi connectivity index (χ1v) is 5.56. The number of hydrogen-bond donors (Lipinski definition) is 2. The molecular weight excluding hydrogens is 206 g/mol. The molecule has 0 unspecified atom stereocenters. The van der Waals surface area contributed by atoms with Crippen molar-refractivity contribution in [2.45, 2.75) is 26.8 Å². The van der Waals surface area contributed by atoms with Gasteiger partial charge in [-0.15, -0.1) is 0 Å². The molecule has 2 N–H and O–H groups in total. The maximum atomic E-state index is 5.12. The van der Waals surface area contributed by atoms with E-state index in [1.807, 2.05) is 12.3 Å². The highest BCUT2D eigenvalue weighted by Crippen LogP contribution is 2.03. The average molecular weight is 223 g/mol. The van der Waals surface area contributed by atoms with Crippen LogP contribution in [0.4, 0.5) is 0 Å². The lowest BCUT2D eigenvalue weighted by molar-refractivity contribution is 0.796. The van der Waals surface area contributed by atoms with Crippen LogP contribution in [-0.2, 0) is 6.54 Å². The third-order valence-electron chi connectivity index (χ3n) is 2.12. The minimum absolute atomic E-state index is 0.708. The number of aryl methyl sites for hydroxylation is 1. The molecule has 0 amide bonds. The zero-order valence-corrected chi connectivity index (χ0v) is 10.0. The van der Waals surface area contributed by atoms with Gasteiger partial charge in [0.25, 0.3) is 0 Å². The molecule has 0 aliphatic heterocycles. The van der Waals surface area contributed by atoms with Crippen LogP contribution in [0.1, 0.15) is 24.5 Å². The van der Waals surface area contributed by atoms with Crippen LogP contribution < -0.4 is 10.6 Å². The maximum absolute atomic E-state index is 5.12. The quantitative estimate of drug-likeness (QED) is 0.763. The lowest BCUT2D eigenvalue weighted by Gasteiger charge is -2.10. The molecule has 0 radical (unpaired) electrons. The summed E-state index contributed by atoms with van der Waals surface area (Å²) in [7, 11) is 0. The number of thiocarbonyl (C=S) groups is 1. The van der Waals surface area contributed by atoms with Gasteiger partial charge in [-0.1, -0.05) is 6.92 Å². The highest BCUT2D eigenvalue weighted by molar-refractivity contribution is 7.80. The Morgan fingerprint density at radius 1 is 1.47 bits per heavy atom. The second kappa shape index (κ2) is 6.35. The lowest BCUT2D eigenvalue weighted by atomic mass is 10.2. The summed E-state index contributed by atoms with van der Waals surface area (Å²) in [6.45, 7) is 5.83. The first-order valence-electron chi connectivity index (χ1n) is 5.15. The molecule has 0 aliphatic rings. The number of aromatic nitrogens is 1. The Morgan fingerprint density at radius 3 is 2.93 bits per heavy atom. The topological polar surface area (TPSA) is 37.0 Å². The molecule has 1 aromatic heterocycles. The molecule has 1 rings (SSSR count). The van der Waals surface area contributed by atoms with Crippen molar-refractivity contribution in [3.05, 3.63) is 29.6 Å². The molecular formula is C11H17N3S. The van der Waals surface area contributed by atoms with E-state index in [0.29, 0.717) is 5.11 Å². The molecule has 0 bridgehead atoms. The van der Waals surface area contributed by atoms with Gasteiger partial charge in [0, 0.05) is 25.5 Å². The van der Waals surface area contributed by atoms with Crippen LogP contribution in [0.2, 0.25) is 0 Å². The average Bonchev–Trinajstić information content (AvgIpc) is 2.25. The summed E-state index contributed by atoms with van der Waals surface area (Å²) < 4.78 is 0. The summed E-state index contributed by atoms with van der Waals surface area (Å²) in [6.07, 6.45) is 4.74. The van der Waals surface area contributed by atoms with Gasteiger partial charge in [-0.3, -0.25) is 4.98 Å². The van der Waals surface area contributed by atoms with E-state index < -0.39 is 0 Å². The molecule has 0 saturated heterocycles. The van der Waals surface area contributed by atoms with Crippen LogP contribution in [0, 0.1) is 6.92 Å². The van der Waals surface area contributed by atoms with Crippen LogP contribution in [0.5, 0.6) is 0 Å². The Kier molecular flexibility index (Phi) is 5.04. The number of rotatable bonds is 4. The van der Waals surface area contributed by atoms with Crippen LogP contribution in [0.15, 0.2) is 18.5 Å². The van der Waals surface area contributed by atoms with Gasteiger partial charge >= 0.3 is 0 Å². The van der Waals surface area contributed by atoms with Crippen molar-refractivity contribution in [2.75, 3.05) is 6.54 Å². The van der Waals surface area contributed by atoms with Gasteiger partial charge < -0.3 is 10.6 Å². The summed E-state index contributed by atoms with van der Waals surface area (Å²) in [4.78, 5) is 4.08. The van der Waals surface area contributed by atoms with E-state index in [4.69, 9.17) is 12.2 Å². The third kappa shape index (κ3) is 4.25. The number of nitrogens with one attached hydrogen (secondary N) is 2. The van der Waals surface area contributed by atoms with Crippen LogP contribution in [-0.4, -0.2) is 16.6 Å². The second-order valence-corrected chi connectivity index (χ2v) is 3.82. The summed E-state index contributed by atoms with van der Waals surface area (Å²) in [5.74, 6) is 0. The van der Waals surface area contributed by atoms with Gasteiger partial charge in [0.2, 0.25) is 0 Å². The van der Waals surface area contributed by atoms with Crippen molar-refractivity contribution in [3.8, 4) is 0 Å². The van der Waals surface area contributed by atoms with Gasteiger partial charge in [-0.2, -0.15) is 0 Å². The van der Waals surface area contributed by atoms with Crippen molar-refractivity contribution >= 4 is 17.3 Å². The smallest absolute Gasteiger partial charge is 0.166 e. The molecule has 4 heteroatoms. The van der Waals surface area contributed by atoms with Crippen LogP contribution >= 0.6 is 12.2 Å². The Morgan fingerprint density at radius 2 is 2.27 bits per heavy atom. The Balaban J connectivity index is 2.37. The monoisotopic (exact) mass is 223 g/mol. The minimum Gasteiger partial charge on any atom is -0.363 e. The fraction of sp³-hybridized carbons (Fsp3) is 0.455. The summed E-state index contributed by atoms with van der Waals surface area (Å²) >= 11 is 5.12. The molecule has 0 fully saturated rings. The molecule has 82 valence electrons. The predicted molar refractivity (Wildman–Crippen MR) is 66.7 cm³/mol. The van der Waals surface area contributed by atoms with E-state index in [1.54, 1.807) is 6.20 Å². The first kappa shape index (κ1) is 11.9. The SMILES string of the molecule is CCCNC(=S)NCc1cnccc1C. The van der Waals surface area contributed by atoms with Gasteiger partial charge in [0.15, 0.2) is 5.11 Å². The first-order chi connectivity index (χ1) is 7.24. The number of pyridine rings is 1. The molecule has 1 heterocycles. The lowest BCUT2D eigenvalue weighted by Crippen LogP contribution is -2.35. The predicted octanol–water partition coefficient (Wildman–Crippen LogP) is 1.76. The second-order valence-electron chi connectivity index (χ2n) is 3.41. The van der Waals surface area contributed by atoms with E-state index in [-0.39, 0.29) is 0 Å². The van der Waals surface area contributed by atoms with Gasteiger partial charge in [0.1, 0.15) is 0 Å². The highest BCUT2D eigenvalue weighted by atomic mass is 32.1. The zero-order chi connectivity index (χ0) is 11.1. The summed E-state index contributed by atoms with van der Waals surface area (Å²) in [6, 6.07) is 2.00. The molecule has 1 aromatic rings.